The first-order valence-corrected chi connectivity index (χ1v) is 6.89. The van der Waals surface area contributed by atoms with Crippen molar-refractivity contribution in [2.75, 3.05) is 25.1 Å². The van der Waals surface area contributed by atoms with Gasteiger partial charge < -0.3 is 14.5 Å². The van der Waals surface area contributed by atoms with Crippen LogP contribution in [-0.4, -0.2) is 42.9 Å². The minimum atomic E-state index is -0.439. The molecule has 0 radical (unpaired) electrons. The van der Waals surface area contributed by atoms with E-state index in [0.717, 1.165) is 17.7 Å². The van der Waals surface area contributed by atoms with Crippen molar-refractivity contribution in [3.63, 3.8) is 0 Å². The smallest absolute Gasteiger partial charge is 0.325 e. The maximum absolute atomic E-state index is 12.3. The van der Waals surface area contributed by atoms with Crippen molar-refractivity contribution in [3.05, 3.63) is 29.3 Å². The van der Waals surface area contributed by atoms with E-state index in [2.05, 4.69) is 4.74 Å². The van der Waals surface area contributed by atoms with Crippen LogP contribution in [-0.2, 0) is 20.9 Å². The van der Waals surface area contributed by atoms with Crippen molar-refractivity contribution in [2.24, 2.45) is 0 Å². The molecule has 2 aliphatic heterocycles. The van der Waals surface area contributed by atoms with Crippen LogP contribution < -0.4 is 4.90 Å². The predicted octanol–water partition coefficient (Wildman–Crippen LogP) is 0.942. The highest BCUT2D eigenvalue weighted by Crippen LogP contribution is 2.29. The second-order valence-electron chi connectivity index (χ2n) is 5.23. The minimum absolute atomic E-state index is 0.0536. The Labute approximate surface area is 122 Å². The van der Waals surface area contributed by atoms with Gasteiger partial charge in [0.25, 0.3) is 5.91 Å². The first-order chi connectivity index (χ1) is 10.1. The maximum atomic E-state index is 12.3. The number of ether oxygens (including phenoxy) is 1. The van der Waals surface area contributed by atoms with Crippen molar-refractivity contribution in [2.45, 2.75) is 19.4 Å². The van der Waals surface area contributed by atoms with Crippen molar-refractivity contribution in [1.82, 2.24) is 4.90 Å². The summed E-state index contributed by atoms with van der Waals surface area (Å²) in [5.41, 5.74) is 2.19. The second-order valence-corrected chi connectivity index (χ2v) is 5.23. The summed E-state index contributed by atoms with van der Waals surface area (Å²) in [6.45, 7) is 1.04. The Bertz CT molecular complexity index is 626. The number of fused-ring (bicyclic) bond motifs is 1. The van der Waals surface area contributed by atoms with Crippen molar-refractivity contribution >= 4 is 23.5 Å². The van der Waals surface area contributed by atoms with Crippen molar-refractivity contribution in [3.8, 4) is 0 Å². The van der Waals surface area contributed by atoms with Gasteiger partial charge >= 0.3 is 5.97 Å². The molecule has 2 heterocycles. The Kier molecular flexibility index (Phi) is 3.37. The molecule has 3 rings (SSSR count). The third kappa shape index (κ3) is 2.37. The van der Waals surface area contributed by atoms with Crippen molar-refractivity contribution in [1.29, 1.82) is 0 Å². The van der Waals surface area contributed by atoms with E-state index < -0.39 is 5.97 Å². The van der Waals surface area contributed by atoms with Gasteiger partial charge in [0.2, 0.25) is 5.91 Å². The first-order valence-electron chi connectivity index (χ1n) is 6.89. The van der Waals surface area contributed by atoms with Gasteiger partial charge in [0, 0.05) is 30.8 Å². The second kappa shape index (κ2) is 5.20. The standard InChI is InChI=1S/C15H16N2O4/c1-21-14(19)9-16-8-10-4-5-11(7-12(10)15(16)20)17-6-2-3-13(17)18/h4-5,7H,2-3,6,8-9H2,1H3. The quantitative estimate of drug-likeness (QED) is 0.776. The summed E-state index contributed by atoms with van der Waals surface area (Å²) in [6.07, 6.45) is 1.40. The van der Waals surface area contributed by atoms with Crippen LogP contribution in [0.25, 0.3) is 0 Å². The van der Waals surface area contributed by atoms with Crippen LogP contribution in [0.2, 0.25) is 0 Å². The molecule has 110 valence electrons. The van der Waals surface area contributed by atoms with Crippen LogP contribution in [0.1, 0.15) is 28.8 Å². The van der Waals surface area contributed by atoms with Crippen LogP contribution in [0, 0.1) is 0 Å². The summed E-state index contributed by atoms with van der Waals surface area (Å²) in [5.74, 6) is -0.540. The van der Waals surface area contributed by atoms with Crippen LogP contribution in [0.4, 0.5) is 5.69 Å². The zero-order valence-electron chi connectivity index (χ0n) is 11.8. The number of rotatable bonds is 3. The van der Waals surface area contributed by atoms with Gasteiger partial charge in [-0.15, -0.1) is 0 Å². The third-order valence-corrected chi connectivity index (χ3v) is 3.90. The first kappa shape index (κ1) is 13.6. The lowest BCUT2D eigenvalue weighted by atomic mass is 10.1. The molecule has 0 aromatic heterocycles. The molecule has 0 bridgehead atoms. The Hall–Kier alpha value is -2.37. The molecule has 0 spiro atoms. The molecule has 0 atom stereocenters. The zero-order valence-corrected chi connectivity index (χ0v) is 11.8. The number of benzene rings is 1. The van der Waals surface area contributed by atoms with E-state index in [1.165, 1.54) is 12.0 Å². The van der Waals surface area contributed by atoms with E-state index in [-0.39, 0.29) is 18.4 Å². The van der Waals surface area contributed by atoms with E-state index >= 15 is 0 Å². The van der Waals surface area contributed by atoms with Crippen LogP contribution in [0.3, 0.4) is 0 Å². The molecule has 1 aromatic carbocycles. The highest BCUT2D eigenvalue weighted by atomic mass is 16.5. The van der Waals surface area contributed by atoms with Crippen molar-refractivity contribution < 1.29 is 19.1 Å². The molecule has 1 saturated heterocycles. The molecular weight excluding hydrogens is 272 g/mol. The number of methoxy groups -OCH3 is 1. The van der Waals surface area contributed by atoms with E-state index in [1.807, 2.05) is 12.1 Å². The number of carbonyl (C=O) groups is 3. The van der Waals surface area contributed by atoms with Gasteiger partial charge in [-0.2, -0.15) is 0 Å². The molecule has 6 nitrogen and oxygen atoms in total. The maximum Gasteiger partial charge on any atom is 0.325 e. The average molecular weight is 288 g/mol. The lowest BCUT2D eigenvalue weighted by Gasteiger charge is -2.16. The summed E-state index contributed by atoms with van der Waals surface area (Å²) in [7, 11) is 1.30. The number of hydrogen-bond acceptors (Lipinski definition) is 4. The molecule has 6 heteroatoms. The number of hydrogen-bond donors (Lipinski definition) is 0. The number of amides is 2. The minimum Gasteiger partial charge on any atom is -0.468 e. The molecule has 2 aliphatic rings. The zero-order chi connectivity index (χ0) is 15.0. The molecule has 0 aliphatic carbocycles. The average Bonchev–Trinajstić information content (AvgIpc) is 3.03. The molecule has 0 N–H and O–H groups in total. The number of esters is 1. The molecule has 1 fully saturated rings. The largest absolute Gasteiger partial charge is 0.468 e. The topological polar surface area (TPSA) is 66.9 Å². The normalized spacial score (nSPS) is 17.4. The summed E-state index contributed by atoms with van der Waals surface area (Å²) >= 11 is 0. The van der Waals surface area contributed by atoms with Crippen LogP contribution in [0.15, 0.2) is 18.2 Å². The van der Waals surface area contributed by atoms with Gasteiger partial charge in [-0.25, -0.2) is 0 Å². The monoisotopic (exact) mass is 288 g/mol. The predicted molar refractivity (Wildman–Crippen MR) is 74.8 cm³/mol. The van der Waals surface area contributed by atoms with E-state index in [1.54, 1.807) is 11.0 Å². The SMILES string of the molecule is COC(=O)CN1Cc2ccc(N3CCCC3=O)cc2C1=O. The molecule has 0 unspecified atom stereocenters. The third-order valence-electron chi connectivity index (χ3n) is 3.90. The molecule has 0 saturated carbocycles. The number of nitrogens with zero attached hydrogens (tertiary/aromatic N) is 2. The molecule has 21 heavy (non-hydrogen) atoms. The Balaban J connectivity index is 1.84. The summed E-state index contributed by atoms with van der Waals surface area (Å²) in [5, 5.41) is 0. The van der Waals surface area contributed by atoms with Gasteiger partial charge in [-0.1, -0.05) is 6.07 Å². The lowest BCUT2D eigenvalue weighted by molar-refractivity contribution is -0.141. The fourth-order valence-corrected chi connectivity index (χ4v) is 2.79. The van der Waals surface area contributed by atoms with Gasteiger partial charge in [-0.05, 0) is 24.1 Å². The number of anilines is 1. The molecular formula is C15H16N2O4. The Morgan fingerprint density at radius 3 is 2.81 bits per heavy atom. The van der Waals surface area contributed by atoms with Gasteiger partial charge in [0.1, 0.15) is 6.54 Å². The van der Waals surface area contributed by atoms with E-state index in [4.69, 9.17) is 0 Å². The highest BCUT2D eigenvalue weighted by Gasteiger charge is 2.31. The van der Waals surface area contributed by atoms with Gasteiger partial charge in [0.05, 0.1) is 7.11 Å². The summed E-state index contributed by atoms with van der Waals surface area (Å²) in [6, 6.07) is 5.46. The van der Waals surface area contributed by atoms with Gasteiger partial charge in [0.15, 0.2) is 0 Å². The molecule has 2 amide bonds. The Morgan fingerprint density at radius 1 is 1.33 bits per heavy atom. The van der Waals surface area contributed by atoms with E-state index in [0.29, 0.717) is 25.1 Å². The van der Waals surface area contributed by atoms with Crippen LogP contribution in [0.5, 0.6) is 0 Å². The summed E-state index contributed by atoms with van der Waals surface area (Å²) < 4.78 is 4.59. The number of carbonyl (C=O) groups excluding carboxylic acids is 3. The lowest BCUT2D eigenvalue weighted by Crippen LogP contribution is -2.30. The van der Waals surface area contributed by atoms with E-state index in [9.17, 15) is 14.4 Å². The fraction of sp³-hybridized carbons (Fsp3) is 0.400. The fourth-order valence-electron chi connectivity index (χ4n) is 2.79. The van der Waals surface area contributed by atoms with Gasteiger partial charge in [-0.3, -0.25) is 14.4 Å². The van der Waals surface area contributed by atoms with Crippen LogP contribution >= 0.6 is 0 Å². The Morgan fingerprint density at radius 2 is 2.14 bits per heavy atom. The summed E-state index contributed by atoms with van der Waals surface area (Å²) in [4.78, 5) is 38.6. The molecule has 1 aromatic rings. The highest BCUT2D eigenvalue weighted by molar-refractivity contribution is 6.02.